The lowest BCUT2D eigenvalue weighted by Crippen LogP contribution is -2.14. The van der Waals surface area contributed by atoms with E-state index < -0.39 is 11.3 Å². The zero-order chi connectivity index (χ0) is 13.7. The van der Waals surface area contributed by atoms with Crippen molar-refractivity contribution in [2.45, 2.75) is 18.4 Å². The minimum atomic E-state index is -0.771. The van der Waals surface area contributed by atoms with Crippen molar-refractivity contribution < 1.29 is 9.53 Å². The first-order valence-electron chi connectivity index (χ1n) is 6.13. The van der Waals surface area contributed by atoms with E-state index in [1.807, 2.05) is 67.6 Å². The Morgan fingerprint density at radius 3 is 1.95 bits per heavy atom. The van der Waals surface area contributed by atoms with E-state index in [0.717, 1.165) is 11.1 Å². The topological polar surface area (TPSA) is 26.3 Å². The fourth-order valence-electron chi connectivity index (χ4n) is 1.78. The summed E-state index contributed by atoms with van der Waals surface area (Å²) in [6.07, 6.45) is -0.307. The Hall–Kier alpha value is -1.80. The molecule has 0 aromatic heterocycles. The van der Waals surface area contributed by atoms with Crippen molar-refractivity contribution in [1.29, 1.82) is 0 Å². The third kappa shape index (κ3) is 3.58. The Bertz CT molecular complexity index is 525. The van der Waals surface area contributed by atoms with Gasteiger partial charge in [-0.2, -0.15) is 0 Å². The Morgan fingerprint density at radius 1 is 0.947 bits per heavy atom. The van der Waals surface area contributed by atoms with Crippen molar-refractivity contribution in [3.8, 4) is 0 Å². The molecule has 98 valence electrons. The van der Waals surface area contributed by atoms with Crippen molar-refractivity contribution in [3.05, 3.63) is 71.8 Å². The number of ether oxygens (including phenoxy) is 1. The van der Waals surface area contributed by atoms with Crippen molar-refractivity contribution in [2.24, 2.45) is 0 Å². The van der Waals surface area contributed by atoms with Crippen LogP contribution in [0.1, 0.15) is 29.5 Å². The molecule has 2 aromatic carbocycles. The van der Waals surface area contributed by atoms with Crippen LogP contribution in [0.3, 0.4) is 0 Å². The predicted octanol–water partition coefficient (Wildman–Crippen LogP) is 4.27. The fourth-order valence-corrected chi connectivity index (χ4v) is 1.98. The molecule has 0 bridgehead atoms. The van der Waals surface area contributed by atoms with Crippen LogP contribution in [0.5, 0.6) is 0 Å². The monoisotopic (exact) mass is 274 g/mol. The van der Waals surface area contributed by atoms with E-state index >= 15 is 0 Å². The zero-order valence-electron chi connectivity index (χ0n) is 10.6. The van der Waals surface area contributed by atoms with Gasteiger partial charge in [0.15, 0.2) is 5.38 Å². The molecule has 0 aliphatic carbocycles. The molecule has 0 N–H and O–H groups in total. The molecule has 0 heterocycles. The van der Waals surface area contributed by atoms with Gasteiger partial charge in [-0.1, -0.05) is 60.7 Å². The van der Waals surface area contributed by atoms with Crippen molar-refractivity contribution in [2.75, 3.05) is 0 Å². The summed E-state index contributed by atoms with van der Waals surface area (Å²) in [6.45, 7) is 1.84. The number of halogens is 1. The molecule has 0 aliphatic heterocycles. The molecular weight excluding hydrogens is 260 g/mol. The maximum absolute atomic E-state index is 12.0. The van der Waals surface area contributed by atoms with Crippen LogP contribution in [0.25, 0.3) is 0 Å². The molecule has 0 fully saturated rings. The summed E-state index contributed by atoms with van der Waals surface area (Å²) < 4.78 is 5.38. The molecule has 0 spiro atoms. The number of carbonyl (C=O) groups is 1. The van der Waals surface area contributed by atoms with Crippen LogP contribution in [0.15, 0.2) is 60.7 Å². The summed E-state index contributed by atoms with van der Waals surface area (Å²) in [5, 5.41) is -0.771. The lowest BCUT2D eigenvalue weighted by Gasteiger charge is -2.16. The molecular formula is C16H15ClO2. The van der Waals surface area contributed by atoms with Crippen molar-refractivity contribution in [3.63, 3.8) is 0 Å². The van der Waals surface area contributed by atoms with Crippen LogP contribution in [0, 0.1) is 0 Å². The van der Waals surface area contributed by atoms with E-state index in [2.05, 4.69) is 0 Å². The molecule has 0 aliphatic rings. The van der Waals surface area contributed by atoms with Gasteiger partial charge in [0.2, 0.25) is 0 Å². The van der Waals surface area contributed by atoms with E-state index in [1.54, 1.807) is 0 Å². The summed E-state index contributed by atoms with van der Waals surface area (Å²) >= 11 is 6.11. The summed E-state index contributed by atoms with van der Waals surface area (Å²) in [5.41, 5.74) is 1.70. The quantitative estimate of drug-likeness (QED) is 0.615. The number of benzene rings is 2. The molecule has 2 nitrogen and oxygen atoms in total. The summed E-state index contributed by atoms with van der Waals surface area (Å²) in [5.74, 6) is -0.427. The average molecular weight is 275 g/mol. The first kappa shape index (κ1) is 13.6. The smallest absolute Gasteiger partial charge is 0.329 e. The van der Waals surface area contributed by atoms with Gasteiger partial charge < -0.3 is 4.74 Å². The number of carbonyl (C=O) groups excluding carboxylic acids is 1. The highest BCUT2D eigenvalue weighted by molar-refractivity contribution is 6.29. The van der Waals surface area contributed by atoms with Gasteiger partial charge in [0.05, 0.1) is 0 Å². The molecule has 2 aromatic rings. The Morgan fingerprint density at radius 2 is 1.42 bits per heavy atom. The molecule has 2 atom stereocenters. The third-order valence-electron chi connectivity index (χ3n) is 2.86. The van der Waals surface area contributed by atoms with Gasteiger partial charge in [-0.05, 0) is 18.1 Å². The Balaban J connectivity index is 2.02. The van der Waals surface area contributed by atoms with E-state index in [4.69, 9.17) is 16.3 Å². The number of rotatable bonds is 4. The van der Waals surface area contributed by atoms with Gasteiger partial charge >= 0.3 is 5.97 Å². The van der Waals surface area contributed by atoms with E-state index in [9.17, 15) is 4.79 Å². The highest BCUT2D eigenvalue weighted by atomic mass is 35.5. The number of esters is 1. The predicted molar refractivity (Wildman–Crippen MR) is 76.0 cm³/mol. The average Bonchev–Trinajstić information content (AvgIpc) is 2.48. The van der Waals surface area contributed by atoms with Crippen LogP contribution in [-0.2, 0) is 9.53 Å². The number of hydrogen-bond donors (Lipinski definition) is 0. The van der Waals surface area contributed by atoms with Gasteiger partial charge in [0.1, 0.15) is 6.10 Å². The van der Waals surface area contributed by atoms with Crippen LogP contribution >= 0.6 is 11.6 Å². The van der Waals surface area contributed by atoms with Gasteiger partial charge in [-0.15, -0.1) is 11.6 Å². The fraction of sp³-hybridized carbons (Fsp3) is 0.188. The summed E-state index contributed by atoms with van der Waals surface area (Å²) in [6, 6.07) is 18.8. The largest absolute Gasteiger partial charge is 0.456 e. The minimum Gasteiger partial charge on any atom is -0.456 e. The molecule has 0 saturated carbocycles. The minimum absolute atomic E-state index is 0.307. The first-order chi connectivity index (χ1) is 9.18. The second-order valence-corrected chi connectivity index (χ2v) is 4.70. The van der Waals surface area contributed by atoms with Gasteiger partial charge in [-0.25, -0.2) is 0 Å². The van der Waals surface area contributed by atoms with Crippen LogP contribution in [0.2, 0.25) is 0 Å². The van der Waals surface area contributed by atoms with Crippen molar-refractivity contribution >= 4 is 17.6 Å². The third-order valence-corrected chi connectivity index (χ3v) is 3.29. The molecule has 2 unspecified atom stereocenters. The van der Waals surface area contributed by atoms with E-state index in [1.165, 1.54) is 0 Å². The first-order valence-corrected chi connectivity index (χ1v) is 6.56. The van der Waals surface area contributed by atoms with Crippen LogP contribution in [0.4, 0.5) is 0 Å². The molecule has 0 amide bonds. The maximum atomic E-state index is 12.0. The maximum Gasteiger partial charge on any atom is 0.329 e. The Labute approximate surface area is 118 Å². The molecule has 19 heavy (non-hydrogen) atoms. The Kier molecular flexibility index (Phi) is 4.58. The van der Waals surface area contributed by atoms with Crippen LogP contribution < -0.4 is 0 Å². The summed E-state index contributed by atoms with van der Waals surface area (Å²) in [7, 11) is 0. The molecule has 2 rings (SSSR count). The number of hydrogen-bond acceptors (Lipinski definition) is 2. The van der Waals surface area contributed by atoms with Crippen molar-refractivity contribution in [1.82, 2.24) is 0 Å². The zero-order valence-corrected chi connectivity index (χ0v) is 11.4. The second kappa shape index (κ2) is 6.39. The lowest BCUT2D eigenvalue weighted by atomic mass is 10.1. The lowest BCUT2D eigenvalue weighted by molar-refractivity contribution is -0.148. The normalized spacial score (nSPS) is 13.6. The molecule has 0 saturated heterocycles. The van der Waals surface area contributed by atoms with Gasteiger partial charge in [0, 0.05) is 0 Å². The number of alkyl halides is 1. The van der Waals surface area contributed by atoms with E-state index in [-0.39, 0.29) is 6.10 Å². The van der Waals surface area contributed by atoms with Crippen LogP contribution in [-0.4, -0.2) is 5.97 Å². The second-order valence-electron chi connectivity index (χ2n) is 4.26. The highest BCUT2D eigenvalue weighted by Gasteiger charge is 2.21. The molecule has 3 heteroatoms. The standard InChI is InChI=1S/C16H15ClO2/c1-12(13-8-4-2-5-9-13)19-16(18)15(17)14-10-6-3-7-11-14/h2-12,15H,1H3. The molecule has 0 radical (unpaired) electrons. The highest BCUT2D eigenvalue weighted by Crippen LogP contribution is 2.25. The van der Waals surface area contributed by atoms with E-state index in [0.29, 0.717) is 0 Å². The van der Waals surface area contributed by atoms with Gasteiger partial charge in [0.25, 0.3) is 0 Å². The SMILES string of the molecule is CC(OC(=O)C(Cl)c1ccccc1)c1ccccc1. The van der Waals surface area contributed by atoms with Gasteiger partial charge in [-0.3, -0.25) is 4.79 Å². The summed E-state index contributed by atoms with van der Waals surface area (Å²) in [4.78, 5) is 12.0.